The molecule has 0 spiro atoms. The number of aromatic nitrogens is 3. The van der Waals surface area contributed by atoms with Crippen LogP contribution in [0.3, 0.4) is 0 Å². The molecule has 2 fully saturated rings. The number of anilines is 2. The first kappa shape index (κ1) is 35.2. The summed E-state index contributed by atoms with van der Waals surface area (Å²) in [5, 5.41) is 13.4. The molecule has 6 rings (SSSR count). The summed E-state index contributed by atoms with van der Waals surface area (Å²) in [6.07, 6.45) is 6.34. The molecule has 13 heteroatoms. The molecule has 11 nitrogen and oxygen atoms in total. The van der Waals surface area contributed by atoms with Crippen molar-refractivity contribution in [1.29, 1.82) is 0 Å². The first-order valence-corrected chi connectivity index (χ1v) is 17.3. The average Bonchev–Trinajstić information content (AvgIpc) is 3.54. The fourth-order valence-corrected chi connectivity index (χ4v) is 6.80. The monoisotopic (exact) mass is 700 g/mol. The van der Waals surface area contributed by atoms with E-state index >= 15 is 4.39 Å². The van der Waals surface area contributed by atoms with Crippen LogP contribution < -0.4 is 26.0 Å². The first-order chi connectivity index (χ1) is 24.2. The van der Waals surface area contributed by atoms with Crippen LogP contribution in [0.5, 0.6) is 5.88 Å². The number of nitrogens with one attached hydrogen (secondary N) is 4. The third-order valence-electron chi connectivity index (χ3n) is 9.42. The standard InChI is InChI=1S/C37H42ClFN8O3/c1-22-28(5-4-6-30(22)45-36-34(39)24(11-15-42-36)20-43-26-13-17-47(18-14-26)23(2)48)35-33(38)29(12-16-41-35)31-9-7-25(37(46-31)50-3)19-40-21-27-8-10-32(49)44-27/h4-7,9,11-12,15-16,26-27,40,43H,8,10,13-14,17-21H2,1-3H3,(H,42,45)(H,44,49). The number of nitrogens with zero attached hydrogens (tertiary/aromatic N) is 4. The van der Waals surface area contributed by atoms with Gasteiger partial charge in [-0.3, -0.25) is 14.6 Å². The maximum atomic E-state index is 15.7. The molecule has 4 N–H and O–H groups in total. The molecule has 3 aromatic heterocycles. The van der Waals surface area contributed by atoms with Crippen molar-refractivity contribution in [2.24, 2.45) is 0 Å². The van der Waals surface area contributed by atoms with Crippen LogP contribution in [0.4, 0.5) is 15.9 Å². The molecule has 262 valence electrons. The van der Waals surface area contributed by atoms with Crippen LogP contribution in [0, 0.1) is 12.7 Å². The third-order valence-corrected chi connectivity index (χ3v) is 9.80. The van der Waals surface area contributed by atoms with Gasteiger partial charge in [0, 0.05) is 98.5 Å². The van der Waals surface area contributed by atoms with Crippen molar-refractivity contribution in [2.45, 2.75) is 64.7 Å². The number of methoxy groups -OCH3 is 1. The number of carbonyl (C=O) groups is 2. The number of amides is 2. The molecule has 0 radical (unpaired) electrons. The lowest BCUT2D eigenvalue weighted by Crippen LogP contribution is -2.44. The van der Waals surface area contributed by atoms with Gasteiger partial charge in [0.25, 0.3) is 0 Å². The molecule has 2 aliphatic rings. The Morgan fingerprint density at radius 1 is 1.04 bits per heavy atom. The zero-order valence-corrected chi connectivity index (χ0v) is 29.2. The molecule has 4 aromatic rings. The molecule has 0 bridgehead atoms. The van der Waals surface area contributed by atoms with E-state index in [9.17, 15) is 9.59 Å². The van der Waals surface area contributed by atoms with E-state index in [1.54, 1.807) is 32.5 Å². The first-order valence-electron chi connectivity index (χ1n) is 16.9. The summed E-state index contributed by atoms with van der Waals surface area (Å²) in [6, 6.07) is 13.4. The quantitative estimate of drug-likeness (QED) is 0.151. The highest BCUT2D eigenvalue weighted by Crippen LogP contribution is 2.38. The smallest absolute Gasteiger partial charge is 0.220 e. The van der Waals surface area contributed by atoms with Crippen LogP contribution in [0.25, 0.3) is 22.5 Å². The van der Waals surface area contributed by atoms with Crippen molar-refractivity contribution in [2.75, 3.05) is 32.1 Å². The van der Waals surface area contributed by atoms with Gasteiger partial charge in [-0.05, 0) is 56.0 Å². The molecule has 0 saturated carbocycles. The zero-order valence-electron chi connectivity index (χ0n) is 28.5. The van der Waals surface area contributed by atoms with Crippen LogP contribution in [0.1, 0.15) is 49.3 Å². The number of piperidine rings is 1. The van der Waals surface area contributed by atoms with E-state index in [1.807, 2.05) is 48.2 Å². The molecular weight excluding hydrogens is 659 g/mol. The lowest BCUT2D eigenvalue weighted by atomic mass is 10.0. The van der Waals surface area contributed by atoms with E-state index in [2.05, 4.69) is 31.2 Å². The maximum absolute atomic E-state index is 15.7. The number of pyridine rings is 3. The van der Waals surface area contributed by atoms with E-state index < -0.39 is 5.82 Å². The minimum Gasteiger partial charge on any atom is -0.481 e. The van der Waals surface area contributed by atoms with Gasteiger partial charge in [0.05, 0.1) is 23.5 Å². The number of carbonyl (C=O) groups excluding carboxylic acids is 2. The van der Waals surface area contributed by atoms with Gasteiger partial charge in [-0.2, -0.15) is 0 Å². The van der Waals surface area contributed by atoms with Crippen molar-refractivity contribution in [3.05, 3.63) is 82.4 Å². The molecule has 1 unspecified atom stereocenters. The van der Waals surface area contributed by atoms with Gasteiger partial charge in [0.1, 0.15) is 0 Å². The maximum Gasteiger partial charge on any atom is 0.220 e. The number of halogens is 2. The molecule has 2 aliphatic heterocycles. The Balaban J connectivity index is 1.16. The Kier molecular flexibility index (Phi) is 11.2. The highest BCUT2D eigenvalue weighted by molar-refractivity contribution is 6.35. The number of ether oxygens (including phenoxy) is 1. The highest BCUT2D eigenvalue weighted by Gasteiger charge is 2.23. The van der Waals surface area contributed by atoms with Crippen molar-refractivity contribution < 1.29 is 18.7 Å². The van der Waals surface area contributed by atoms with Gasteiger partial charge in [0.2, 0.25) is 17.7 Å². The predicted octanol–water partition coefficient (Wildman–Crippen LogP) is 5.53. The summed E-state index contributed by atoms with van der Waals surface area (Å²) in [4.78, 5) is 38.7. The molecular formula is C37H42ClFN8O3. The van der Waals surface area contributed by atoms with E-state index in [-0.39, 0.29) is 29.7 Å². The van der Waals surface area contributed by atoms with Crippen molar-refractivity contribution >= 4 is 34.9 Å². The van der Waals surface area contributed by atoms with Crippen LogP contribution in [-0.4, -0.2) is 70.5 Å². The van der Waals surface area contributed by atoms with Crippen LogP contribution in [0.2, 0.25) is 5.02 Å². The predicted molar refractivity (Wildman–Crippen MR) is 192 cm³/mol. The number of rotatable bonds is 12. The number of hydrogen-bond acceptors (Lipinski definition) is 9. The zero-order chi connectivity index (χ0) is 35.2. The molecule has 1 aromatic carbocycles. The van der Waals surface area contributed by atoms with Crippen LogP contribution >= 0.6 is 11.6 Å². The SMILES string of the molecule is COc1nc(-c2ccnc(-c3cccc(Nc4nccc(CNC5CCN(C(C)=O)CC5)c4F)c3C)c2Cl)ccc1CNCC1CCC(=O)N1. The van der Waals surface area contributed by atoms with E-state index in [0.717, 1.165) is 36.0 Å². The van der Waals surface area contributed by atoms with Gasteiger partial charge < -0.3 is 30.9 Å². The average molecular weight is 701 g/mol. The van der Waals surface area contributed by atoms with Crippen molar-refractivity contribution in [3.63, 3.8) is 0 Å². The van der Waals surface area contributed by atoms with E-state index in [4.69, 9.17) is 21.3 Å². The number of likely N-dealkylation sites (tertiary alicyclic amines) is 1. The summed E-state index contributed by atoms with van der Waals surface area (Å²) in [5.74, 6) is 0.362. The molecule has 50 heavy (non-hydrogen) atoms. The second-order valence-corrected chi connectivity index (χ2v) is 13.1. The molecule has 0 aliphatic carbocycles. The highest BCUT2D eigenvalue weighted by atomic mass is 35.5. The van der Waals surface area contributed by atoms with Crippen molar-refractivity contribution in [3.8, 4) is 28.4 Å². The number of benzene rings is 1. The van der Waals surface area contributed by atoms with Crippen molar-refractivity contribution in [1.82, 2.24) is 35.8 Å². The van der Waals surface area contributed by atoms with E-state index in [1.165, 1.54) is 0 Å². The molecule has 1 atom stereocenters. The lowest BCUT2D eigenvalue weighted by Gasteiger charge is -2.31. The summed E-state index contributed by atoms with van der Waals surface area (Å²) < 4.78 is 21.3. The Morgan fingerprint density at radius 2 is 1.84 bits per heavy atom. The summed E-state index contributed by atoms with van der Waals surface area (Å²) in [6.45, 7) is 6.48. The normalized spacial score (nSPS) is 16.4. The Labute approximate surface area is 296 Å². The second-order valence-electron chi connectivity index (χ2n) is 12.7. The topological polar surface area (TPSA) is 133 Å². The fraction of sp³-hybridized carbons (Fsp3) is 0.378. The van der Waals surface area contributed by atoms with E-state index in [0.29, 0.717) is 78.2 Å². The molecule has 2 saturated heterocycles. The second kappa shape index (κ2) is 15.9. The Bertz CT molecular complexity index is 1870. The van der Waals surface area contributed by atoms with Gasteiger partial charge in [-0.15, -0.1) is 0 Å². The largest absolute Gasteiger partial charge is 0.481 e. The summed E-state index contributed by atoms with van der Waals surface area (Å²) >= 11 is 7.02. The lowest BCUT2D eigenvalue weighted by molar-refractivity contribution is -0.130. The number of hydrogen-bond donors (Lipinski definition) is 4. The van der Waals surface area contributed by atoms with Gasteiger partial charge >= 0.3 is 0 Å². The van der Waals surface area contributed by atoms with Crippen LogP contribution in [0.15, 0.2) is 54.9 Å². The van der Waals surface area contributed by atoms with Gasteiger partial charge in [-0.25, -0.2) is 14.4 Å². The molecule has 2 amide bonds. The van der Waals surface area contributed by atoms with Gasteiger partial charge in [0.15, 0.2) is 11.6 Å². The summed E-state index contributed by atoms with van der Waals surface area (Å²) in [7, 11) is 1.58. The molecule has 5 heterocycles. The minimum absolute atomic E-state index is 0.0885. The fourth-order valence-electron chi connectivity index (χ4n) is 6.49. The minimum atomic E-state index is -0.423. The Hall–Kier alpha value is -4.65. The summed E-state index contributed by atoms with van der Waals surface area (Å²) in [5.41, 5.74) is 5.57. The van der Waals surface area contributed by atoms with Crippen LogP contribution in [-0.2, 0) is 22.7 Å². The van der Waals surface area contributed by atoms with Gasteiger partial charge in [-0.1, -0.05) is 29.8 Å². The Morgan fingerprint density at radius 3 is 2.58 bits per heavy atom. The third kappa shape index (κ3) is 8.04.